The minimum Gasteiger partial charge on any atom is -0.508 e. The highest BCUT2D eigenvalue weighted by molar-refractivity contribution is 5.94. The number of benzene rings is 2. The number of carbonyl (C=O) groups excluding carboxylic acids is 6. The van der Waals surface area contributed by atoms with E-state index in [1.807, 2.05) is 13.8 Å². The van der Waals surface area contributed by atoms with Crippen LogP contribution in [0.5, 0.6) is 5.75 Å². The molecule has 3 atom stereocenters. The van der Waals surface area contributed by atoms with Crippen molar-refractivity contribution < 1.29 is 53.2 Å². The molecule has 412 valence electrons. The van der Waals surface area contributed by atoms with Gasteiger partial charge in [-0.25, -0.2) is 9.59 Å². The number of phenolic OH excluding ortho intramolecular Hbond substituents is 1. The van der Waals surface area contributed by atoms with Crippen LogP contribution < -0.4 is 26.6 Å². The highest BCUT2D eigenvalue weighted by atomic mass is 16.6. The molecular weight excluding hydrogens is 955 g/mol. The number of allylic oxidation sites excluding steroid dienone is 10. The summed E-state index contributed by atoms with van der Waals surface area (Å²) in [6.07, 6.45) is 21.6. The van der Waals surface area contributed by atoms with E-state index in [1.54, 1.807) is 42.5 Å². The fourth-order valence-electron chi connectivity index (χ4n) is 7.67. The summed E-state index contributed by atoms with van der Waals surface area (Å²) in [5.74, 6) is -5.56. The van der Waals surface area contributed by atoms with Gasteiger partial charge < -0.3 is 46.3 Å². The Hall–Kier alpha value is -6.81. The molecule has 2 rings (SSSR count). The van der Waals surface area contributed by atoms with Crippen molar-refractivity contribution in [3.63, 3.8) is 0 Å². The second-order valence-corrected chi connectivity index (χ2v) is 19.8. The number of carboxylic acid groups (broad SMARTS) is 1. The van der Waals surface area contributed by atoms with Gasteiger partial charge >= 0.3 is 11.9 Å². The Morgan fingerprint density at radius 3 is 1.61 bits per heavy atom. The first-order valence-corrected chi connectivity index (χ1v) is 26.2. The number of hydrogen-bond donors (Lipinski definition) is 7. The molecule has 75 heavy (non-hydrogen) atoms. The van der Waals surface area contributed by atoms with Gasteiger partial charge in [0.2, 0.25) is 29.5 Å². The lowest BCUT2D eigenvalue weighted by atomic mass is 10.0. The molecule has 0 aliphatic heterocycles. The number of carboxylic acids is 1. The molecule has 0 aliphatic carbocycles. The molecule has 0 spiro atoms. The molecule has 0 aliphatic rings. The number of aliphatic carboxylic acids is 1. The normalized spacial score (nSPS) is 13.2. The van der Waals surface area contributed by atoms with E-state index in [1.165, 1.54) is 40.0 Å². The van der Waals surface area contributed by atoms with Gasteiger partial charge in [-0.05, 0) is 141 Å². The Balaban J connectivity index is 1.78. The topological polar surface area (TPSA) is 239 Å². The molecular formula is C59H85N5O11. The number of ether oxygens (including phenoxy) is 2. The van der Waals surface area contributed by atoms with E-state index in [2.05, 4.69) is 98.5 Å². The van der Waals surface area contributed by atoms with Crippen LogP contribution in [0.1, 0.15) is 137 Å². The van der Waals surface area contributed by atoms with E-state index >= 15 is 0 Å². The molecule has 5 amide bonds. The maximum absolute atomic E-state index is 13.3. The molecule has 0 saturated carbocycles. The first kappa shape index (κ1) is 64.3. The predicted octanol–water partition coefficient (Wildman–Crippen LogP) is 8.21. The predicted molar refractivity (Wildman–Crippen MR) is 293 cm³/mol. The summed E-state index contributed by atoms with van der Waals surface area (Å²) in [4.78, 5) is 89.5. The van der Waals surface area contributed by atoms with Gasteiger partial charge in [-0.15, -0.1) is 0 Å². The zero-order valence-corrected chi connectivity index (χ0v) is 45.7. The summed E-state index contributed by atoms with van der Waals surface area (Å²) in [5, 5.41) is 31.8. The van der Waals surface area contributed by atoms with Crippen LogP contribution in [-0.2, 0) is 55.9 Å². The number of carbonyl (C=O) groups is 7. The van der Waals surface area contributed by atoms with E-state index in [0.717, 1.165) is 57.8 Å². The monoisotopic (exact) mass is 1040 g/mol. The fourth-order valence-corrected chi connectivity index (χ4v) is 7.67. The van der Waals surface area contributed by atoms with Gasteiger partial charge in [0.05, 0.1) is 19.7 Å². The van der Waals surface area contributed by atoms with Gasteiger partial charge in [-0.2, -0.15) is 0 Å². The SMILES string of the molecule is CC(C)=CCC/C(C)=C/CC/C(C)=C/CC/C=C(\C)CC/C=C(\C)CCCOC(=O)COCC(=O)NC(Cc1ccc(O)cc1)C(=O)NCC(=O)NCC(=O)NC(Cc1ccccc1)C(=O)NC(CC(C)C)C(=O)O. The Kier molecular flexibility index (Phi) is 31.7. The summed E-state index contributed by atoms with van der Waals surface area (Å²) in [6, 6.07) is 11.2. The molecule has 0 aromatic heterocycles. The highest BCUT2D eigenvalue weighted by Gasteiger charge is 2.28. The van der Waals surface area contributed by atoms with Crippen molar-refractivity contribution in [3.8, 4) is 5.75 Å². The second kappa shape index (κ2) is 37.0. The average Bonchev–Trinajstić information content (AvgIpc) is 3.35. The number of nitrogens with one attached hydrogen (secondary N) is 5. The molecule has 0 fully saturated rings. The summed E-state index contributed by atoms with van der Waals surface area (Å²) < 4.78 is 10.6. The molecule has 0 radical (unpaired) electrons. The summed E-state index contributed by atoms with van der Waals surface area (Å²) in [5.41, 5.74) is 8.13. The number of esters is 1. The van der Waals surface area contributed by atoms with Gasteiger partial charge in [0, 0.05) is 12.8 Å². The summed E-state index contributed by atoms with van der Waals surface area (Å²) in [6.45, 7) is 14.6. The standard InChI is InChI=1S/C59H85N5O11/c1-41(2)18-14-21-45(7)24-15-22-43(5)19-12-13-20-44(6)23-16-25-46(8)26-17-33-75-56(69)40-74-39-55(68)63-50(36-48-29-31-49(65)32-30-48)57(70)61-37-53(66)60-38-54(67)62-51(35-47-27-10-9-11-28-47)58(71)64-52(59(72)73)34-42(3)4/h9-11,18-20,24-25,27-32,42,50-52,65H,12-17,21-23,26,33-40H2,1-8H3,(H,60,66)(H,61,70)(H,62,67)(H,63,68)(H,64,71)(H,72,73)/b43-19+,44-20+,45-24+,46-25+. The third-order valence-corrected chi connectivity index (χ3v) is 11.9. The second-order valence-electron chi connectivity index (χ2n) is 19.8. The van der Waals surface area contributed by atoms with Crippen molar-refractivity contribution in [2.75, 3.05) is 32.9 Å². The van der Waals surface area contributed by atoms with Crippen LogP contribution in [-0.4, -0.2) is 103 Å². The van der Waals surface area contributed by atoms with E-state index in [-0.39, 0.29) is 37.5 Å². The zero-order chi connectivity index (χ0) is 55.5. The largest absolute Gasteiger partial charge is 0.508 e. The highest BCUT2D eigenvalue weighted by Crippen LogP contribution is 2.16. The summed E-state index contributed by atoms with van der Waals surface area (Å²) >= 11 is 0. The van der Waals surface area contributed by atoms with Crippen LogP contribution in [0.4, 0.5) is 0 Å². The van der Waals surface area contributed by atoms with Crippen LogP contribution in [0.25, 0.3) is 0 Å². The molecule has 7 N–H and O–H groups in total. The number of hydrogen-bond acceptors (Lipinski definition) is 10. The van der Waals surface area contributed by atoms with Crippen LogP contribution in [0.2, 0.25) is 0 Å². The van der Waals surface area contributed by atoms with Gasteiger partial charge in [-0.3, -0.25) is 24.0 Å². The smallest absolute Gasteiger partial charge is 0.332 e. The number of rotatable bonds is 36. The Morgan fingerprint density at radius 1 is 0.547 bits per heavy atom. The lowest BCUT2D eigenvalue weighted by Gasteiger charge is -2.22. The van der Waals surface area contributed by atoms with E-state index in [4.69, 9.17) is 9.47 Å². The molecule has 0 bridgehead atoms. The maximum Gasteiger partial charge on any atom is 0.332 e. The van der Waals surface area contributed by atoms with Crippen molar-refractivity contribution in [1.29, 1.82) is 0 Å². The Labute approximate surface area is 445 Å². The fraction of sp³-hybridized carbons (Fsp3) is 0.508. The van der Waals surface area contributed by atoms with Crippen molar-refractivity contribution in [2.45, 2.75) is 157 Å². The minimum atomic E-state index is -1.21. The molecule has 3 unspecified atom stereocenters. The molecule has 2 aromatic rings. The van der Waals surface area contributed by atoms with Crippen LogP contribution in [0.15, 0.2) is 113 Å². The minimum absolute atomic E-state index is 0.00602. The summed E-state index contributed by atoms with van der Waals surface area (Å²) in [7, 11) is 0. The van der Waals surface area contributed by atoms with Crippen LogP contribution >= 0.6 is 0 Å². The van der Waals surface area contributed by atoms with Gasteiger partial charge in [0.25, 0.3) is 0 Å². The van der Waals surface area contributed by atoms with Gasteiger partial charge in [-0.1, -0.05) is 115 Å². The Morgan fingerprint density at radius 2 is 1.05 bits per heavy atom. The first-order chi connectivity index (χ1) is 35.7. The third-order valence-electron chi connectivity index (χ3n) is 11.9. The van der Waals surface area contributed by atoms with E-state index in [9.17, 15) is 43.8 Å². The van der Waals surface area contributed by atoms with Crippen molar-refractivity contribution in [1.82, 2.24) is 26.6 Å². The van der Waals surface area contributed by atoms with Gasteiger partial charge in [0.15, 0.2) is 0 Å². The lowest BCUT2D eigenvalue weighted by molar-refractivity contribution is -0.150. The molecule has 16 nitrogen and oxygen atoms in total. The van der Waals surface area contributed by atoms with Crippen molar-refractivity contribution in [2.24, 2.45) is 5.92 Å². The number of unbranched alkanes of at least 4 members (excludes halogenated alkanes) is 1. The van der Waals surface area contributed by atoms with Crippen LogP contribution in [0, 0.1) is 5.92 Å². The third kappa shape index (κ3) is 31.5. The number of amides is 5. The Bertz CT molecular complexity index is 2280. The lowest BCUT2D eigenvalue weighted by Crippen LogP contribution is -2.54. The quantitative estimate of drug-likeness (QED) is 0.0195. The molecule has 0 heterocycles. The van der Waals surface area contributed by atoms with Crippen molar-refractivity contribution in [3.05, 3.63) is 124 Å². The maximum atomic E-state index is 13.3. The number of aromatic hydroxyl groups is 1. The van der Waals surface area contributed by atoms with E-state index < -0.39 is 85.9 Å². The zero-order valence-electron chi connectivity index (χ0n) is 45.7. The van der Waals surface area contributed by atoms with Crippen LogP contribution in [0.3, 0.4) is 0 Å². The van der Waals surface area contributed by atoms with Gasteiger partial charge in [0.1, 0.15) is 37.1 Å². The number of phenols is 1. The molecule has 2 aromatic carbocycles. The molecule has 0 saturated heterocycles. The molecule has 16 heteroatoms. The van der Waals surface area contributed by atoms with Crippen molar-refractivity contribution >= 4 is 41.5 Å². The first-order valence-electron chi connectivity index (χ1n) is 26.2. The average molecular weight is 1040 g/mol. The van der Waals surface area contributed by atoms with E-state index in [0.29, 0.717) is 17.5 Å².